The number of ether oxygens (including phenoxy) is 2. The van der Waals surface area contributed by atoms with Crippen molar-refractivity contribution < 1.29 is 14.3 Å². The third-order valence-electron chi connectivity index (χ3n) is 4.90. The SMILES string of the molecule is Cc1cnc(-c2cnc(OCC3CCC(=O)N3)c3cc(OC(C)C)c(C#N)cc23)[nH]1. The van der Waals surface area contributed by atoms with E-state index in [-0.39, 0.29) is 18.1 Å². The van der Waals surface area contributed by atoms with Crippen molar-refractivity contribution in [3.05, 3.63) is 35.8 Å². The zero-order valence-electron chi connectivity index (χ0n) is 17.2. The van der Waals surface area contributed by atoms with Crippen LogP contribution in [0.5, 0.6) is 11.6 Å². The summed E-state index contributed by atoms with van der Waals surface area (Å²) < 4.78 is 11.8. The van der Waals surface area contributed by atoms with Crippen molar-refractivity contribution in [3.8, 4) is 29.1 Å². The number of aromatic amines is 1. The molecule has 1 aliphatic rings. The monoisotopic (exact) mass is 405 g/mol. The van der Waals surface area contributed by atoms with Crippen LogP contribution in [0.25, 0.3) is 22.2 Å². The van der Waals surface area contributed by atoms with E-state index in [9.17, 15) is 10.1 Å². The first-order valence-corrected chi connectivity index (χ1v) is 9.92. The Hall–Kier alpha value is -3.60. The molecule has 0 aliphatic carbocycles. The fourth-order valence-electron chi connectivity index (χ4n) is 3.52. The summed E-state index contributed by atoms with van der Waals surface area (Å²) in [5, 5.41) is 14.1. The number of hydrogen-bond acceptors (Lipinski definition) is 6. The van der Waals surface area contributed by atoms with E-state index in [0.29, 0.717) is 36.0 Å². The molecule has 1 saturated heterocycles. The molecule has 8 nitrogen and oxygen atoms in total. The van der Waals surface area contributed by atoms with Crippen molar-refractivity contribution in [2.75, 3.05) is 6.61 Å². The summed E-state index contributed by atoms with van der Waals surface area (Å²) in [6.45, 7) is 6.07. The van der Waals surface area contributed by atoms with Crippen LogP contribution in [0.3, 0.4) is 0 Å². The van der Waals surface area contributed by atoms with E-state index >= 15 is 0 Å². The summed E-state index contributed by atoms with van der Waals surface area (Å²) in [5.41, 5.74) is 2.13. The van der Waals surface area contributed by atoms with Crippen LogP contribution >= 0.6 is 0 Å². The smallest absolute Gasteiger partial charge is 0.221 e. The first kappa shape index (κ1) is 19.7. The maximum atomic E-state index is 11.5. The quantitative estimate of drug-likeness (QED) is 0.651. The Balaban J connectivity index is 1.80. The molecule has 8 heteroatoms. The topological polar surface area (TPSA) is 113 Å². The maximum Gasteiger partial charge on any atom is 0.221 e. The number of nitriles is 1. The number of amides is 1. The minimum atomic E-state index is -0.0866. The molecule has 0 spiro atoms. The molecule has 2 N–H and O–H groups in total. The zero-order valence-corrected chi connectivity index (χ0v) is 17.2. The van der Waals surface area contributed by atoms with E-state index < -0.39 is 0 Å². The number of fused-ring (bicyclic) bond motifs is 1. The summed E-state index contributed by atoms with van der Waals surface area (Å²) in [6.07, 6.45) is 4.59. The molecule has 1 aliphatic heterocycles. The predicted octanol–water partition coefficient (Wildman–Crippen LogP) is 3.25. The Kier molecular flexibility index (Phi) is 5.27. The van der Waals surface area contributed by atoms with Crippen molar-refractivity contribution in [2.24, 2.45) is 0 Å². The minimum Gasteiger partial charge on any atom is -0.490 e. The summed E-state index contributed by atoms with van der Waals surface area (Å²) in [7, 11) is 0. The first-order valence-electron chi connectivity index (χ1n) is 9.92. The van der Waals surface area contributed by atoms with Gasteiger partial charge in [-0.1, -0.05) is 0 Å². The molecule has 1 unspecified atom stereocenters. The Bertz CT molecular complexity index is 1150. The van der Waals surface area contributed by atoms with Crippen LogP contribution in [-0.2, 0) is 4.79 Å². The molecular weight excluding hydrogens is 382 g/mol. The van der Waals surface area contributed by atoms with Gasteiger partial charge in [-0.05, 0) is 39.3 Å². The van der Waals surface area contributed by atoms with Crippen molar-refractivity contribution in [2.45, 2.75) is 45.8 Å². The molecule has 4 rings (SSSR count). The van der Waals surface area contributed by atoms with Crippen molar-refractivity contribution in [1.82, 2.24) is 20.3 Å². The molecule has 30 heavy (non-hydrogen) atoms. The van der Waals surface area contributed by atoms with E-state index in [4.69, 9.17) is 9.47 Å². The van der Waals surface area contributed by atoms with Crippen molar-refractivity contribution in [3.63, 3.8) is 0 Å². The van der Waals surface area contributed by atoms with Gasteiger partial charge in [0.25, 0.3) is 0 Å². The lowest BCUT2D eigenvalue weighted by atomic mass is 10.0. The van der Waals surface area contributed by atoms with Gasteiger partial charge in [-0.15, -0.1) is 0 Å². The predicted molar refractivity (Wildman–Crippen MR) is 111 cm³/mol. The number of H-pyrrole nitrogens is 1. The Morgan fingerprint density at radius 3 is 2.73 bits per heavy atom. The van der Waals surface area contributed by atoms with Gasteiger partial charge in [0.2, 0.25) is 11.8 Å². The van der Waals surface area contributed by atoms with Gasteiger partial charge in [0.1, 0.15) is 24.3 Å². The van der Waals surface area contributed by atoms with E-state index in [1.165, 1.54) is 0 Å². The second kappa shape index (κ2) is 8.03. The molecule has 1 amide bonds. The minimum absolute atomic E-state index is 0.0356. The maximum absolute atomic E-state index is 11.5. The zero-order chi connectivity index (χ0) is 21.3. The number of hydrogen-bond donors (Lipinski definition) is 2. The Morgan fingerprint density at radius 2 is 2.10 bits per heavy atom. The van der Waals surface area contributed by atoms with E-state index in [1.807, 2.05) is 20.8 Å². The van der Waals surface area contributed by atoms with E-state index in [1.54, 1.807) is 24.5 Å². The number of carbonyl (C=O) groups is 1. The molecule has 1 atom stereocenters. The molecule has 3 heterocycles. The molecule has 0 bridgehead atoms. The summed E-state index contributed by atoms with van der Waals surface area (Å²) in [6, 6.07) is 5.76. The number of carbonyl (C=O) groups excluding carboxylic acids is 1. The molecule has 0 radical (unpaired) electrons. The number of nitrogens with one attached hydrogen (secondary N) is 2. The van der Waals surface area contributed by atoms with Gasteiger partial charge < -0.3 is 19.8 Å². The standard InChI is InChI=1S/C22H23N5O3/c1-12(2)30-19-7-17-16(6-14(19)8-23)18(21-24-9-13(3)26-21)10-25-22(17)29-11-15-4-5-20(28)27-15/h6-7,9-10,12,15H,4-5,11H2,1-3H3,(H,24,26)(H,27,28). The molecular formula is C22H23N5O3. The lowest BCUT2D eigenvalue weighted by molar-refractivity contribution is -0.119. The second-order valence-electron chi connectivity index (χ2n) is 7.68. The number of pyridine rings is 1. The van der Waals surface area contributed by atoms with Crippen LogP contribution in [-0.4, -0.2) is 39.6 Å². The van der Waals surface area contributed by atoms with Gasteiger partial charge in [0.15, 0.2) is 0 Å². The molecule has 0 saturated carbocycles. The largest absolute Gasteiger partial charge is 0.490 e. The highest BCUT2D eigenvalue weighted by atomic mass is 16.5. The van der Waals surface area contributed by atoms with Crippen LogP contribution in [0.2, 0.25) is 0 Å². The molecule has 154 valence electrons. The van der Waals surface area contributed by atoms with E-state index in [0.717, 1.165) is 28.5 Å². The van der Waals surface area contributed by atoms with Crippen molar-refractivity contribution in [1.29, 1.82) is 5.26 Å². The van der Waals surface area contributed by atoms with Crippen LogP contribution in [0, 0.1) is 18.3 Å². The lowest BCUT2D eigenvalue weighted by Crippen LogP contribution is -2.31. The van der Waals surface area contributed by atoms with Crippen LogP contribution in [0.1, 0.15) is 37.9 Å². The highest BCUT2D eigenvalue weighted by Crippen LogP contribution is 2.36. The lowest BCUT2D eigenvalue weighted by Gasteiger charge is -2.16. The van der Waals surface area contributed by atoms with Gasteiger partial charge in [0, 0.05) is 40.8 Å². The van der Waals surface area contributed by atoms with Gasteiger partial charge >= 0.3 is 0 Å². The normalized spacial score (nSPS) is 16.0. The highest BCUT2D eigenvalue weighted by Gasteiger charge is 2.23. The van der Waals surface area contributed by atoms with Gasteiger partial charge in [-0.2, -0.15) is 5.26 Å². The molecule has 3 aromatic rings. The first-order chi connectivity index (χ1) is 14.4. The third kappa shape index (κ3) is 3.92. The Morgan fingerprint density at radius 1 is 1.27 bits per heavy atom. The number of aromatic nitrogens is 3. The average Bonchev–Trinajstić information content (AvgIpc) is 3.33. The highest BCUT2D eigenvalue weighted by molar-refractivity contribution is 5.99. The summed E-state index contributed by atoms with van der Waals surface area (Å²) >= 11 is 0. The van der Waals surface area contributed by atoms with Gasteiger partial charge in [-0.3, -0.25) is 4.79 Å². The Labute approximate surface area is 174 Å². The number of imidazole rings is 1. The number of rotatable bonds is 6. The average molecular weight is 405 g/mol. The van der Waals surface area contributed by atoms with Gasteiger partial charge in [0.05, 0.1) is 17.7 Å². The number of aryl methyl sites for hydroxylation is 1. The molecule has 1 aromatic carbocycles. The number of benzene rings is 1. The number of nitrogens with zero attached hydrogens (tertiary/aromatic N) is 3. The van der Waals surface area contributed by atoms with E-state index in [2.05, 4.69) is 26.3 Å². The van der Waals surface area contributed by atoms with Crippen molar-refractivity contribution >= 4 is 16.7 Å². The molecule has 1 fully saturated rings. The van der Waals surface area contributed by atoms with Crippen LogP contribution in [0.15, 0.2) is 24.5 Å². The third-order valence-corrected chi connectivity index (χ3v) is 4.90. The van der Waals surface area contributed by atoms with Crippen LogP contribution in [0.4, 0.5) is 0 Å². The summed E-state index contributed by atoms with van der Waals surface area (Å²) in [4.78, 5) is 23.6. The molecule has 2 aromatic heterocycles. The van der Waals surface area contributed by atoms with Crippen LogP contribution < -0.4 is 14.8 Å². The fraction of sp³-hybridized carbons (Fsp3) is 0.364. The van der Waals surface area contributed by atoms with Gasteiger partial charge in [-0.25, -0.2) is 9.97 Å². The summed E-state index contributed by atoms with van der Waals surface area (Å²) in [5.74, 6) is 1.61. The second-order valence-corrected chi connectivity index (χ2v) is 7.68. The fourth-order valence-corrected chi connectivity index (χ4v) is 3.52.